The molecular weight excluding hydrogens is 448 g/mol. The van der Waals surface area contributed by atoms with Crippen molar-refractivity contribution in [1.82, 2.24) is 19.7 Å². The quantitative estimate of drug-likeness (QED) is 0.495. The maximum atomic E-state index is 12.0. The number of ether oxygens (including phenoxy) is 1. The average Bonchev–Trinajstić information content (AvgIpc) is 3.36. The van der Waals surface area contributed by atoms with E-state index in [2.05, 4.69) is 10.4 Å². The predicted molar refractivity (Wildman–Crippen MR) is 112 cm³/mol. The van der Waals surface area contributed by atoms with Crippen molar-refractivity contribution >= 4 is 45.3 Å². The van der Waals surface area contributed by atoms with Gasteiger partial charge in [0.2, 0.25) is 0 Å². The molecule has 1 N–H and O–H groups in total. The third-order valence-corrected chi connectivity index (χ3v) is 6.91. The van der Waals surface area contributed by atoms with Crippen LogP contribution in [-0.4, -0.2) is 58.7 Å². The summed E-state index contributed by atoms with van der Waals surface area (Å²) < 4.78 is 31.2. The largest absolute Gasteiger partial charge is 0.452 e. The van der Waals surface area contributed by atoms with Crippen molar-refractivity contribution in [1.29, 1.82) is 0 Å². The Morgan fingerprint density at radius 3 is 2.74 bits per heavy atom. The fourth-order valence-corrected chi connectivity index (χ4v) is 5.26. The molecule has 3 rings (SSSR count). The Labute approximate surface area is 183 Å². The van der Waals surface area contributed by atoms with Crippen molar-refractivity contribution in [3.8, 4) is 0 Å². The molecule has 1 atom stereocenters. The number of imide groups is 1. The number of carbonyl (C=O) groups excluding carboxylic acids is 3. The molecule has 0 bridgehead atoms. The number of aryl methyl sites for hydroxylation is 2. The Morgan fingerprint density at radius 1 is 1.39 bits per heavy atom. The minimum absolute atomic E-state index is 0.0321. The smallest absolute Gasteiger partial charge is 0.331 e. The van der Waals surface area contributed by atoms with Gasteiger partial charge in [0, 0.05) is 24.9 Å². The highest BCUT2D eigenvalue weighted by Gasteiger charge is 2.31. The number of rotatable bonds is 6. The SMILES string of the molecule is Cc1nn([C@H]2CCS(=O)(=O)C2)c(Cl)c1/C=C/C(=O)OCC(=O)NC(=O)c1cccn1C. The van der Waals surface area contributed by atoms with Gasteiger partial charge in [0.25, 0.3) is 11.8 Å². The van der Waals surface area contributed by atoms with Crippen molar-refractivity contribution in [3.63, 3.8) is 0 Å². The van der Waals surface area contributed by atoms with Crippen molar-refractivity contribution < 1.29 is 27.5 Å². The molecule has 1 aliphatic rings. The summed E-state index contributed by atoms with van der Waals surface area (Å²) in [6.45, 7) is 1.05. The number of nitrogens with one attached hydrogen (secondary N) is 1. The van der Waals surface area contributed by atoms with Crippen LogP contribution in [0.25, 0.3) is 6.08 Å². The number of nitrogens with zero attached hydrogens (tertiary/aromatic N) is 3. The van der Waals surface area contributed by atoms with Gasteiger partial charge in [0.05, 0.1) is 23.2 Å². The molecule has 0 saturated carbocycles. The Kier molecular flexibility index (Phi) is 6.65. The molecule has 1 fully saturated rings. The summed E-state index contributed by atoms with van der Waals surface area (Å²) in [5, 5.41) is 6.63. The van der Waals surface area contributed by atoms with E-state index in [0.29, 0.717) is 17.7 Å². The summed E-state index contributed by atoms with van der Waals surface area (Å²) in [5.41, 5.74) is 1.26. The van der Waals surface area contributed by atoms with E-state index in [0.717, 1.165) is 6.08 Å². The monoisotopic (exact) mass is 468 g/mol. The molecule has 3 heterocycles. The maximum Gasteiger partial charge on any atom is 0.331 e. The second kappa shape index (κ2) is 9.06. The minimum Gasteiger partial charge on any atom is -0.452 e. The Balaban J connectivity index is 1.56. The molecule has 0 unspecified atom stereocenters. The van der Waals surface area contributed by atoms with Gasteiger partial charge < -0.3 is 9.30 Å². The van der Waals surface area contributed by atoms with E-state index in [9.17, 15) is 22.8 Å². The van der Waals surface area contributed by atoms with Crippen LogP contribution in [0.1, 0.15) is 34.2 Å². The summed E-state index contributed by atoms with van der Waals surface area (Å²) in [6, 6.07) is 2.85. The normalized spacial score (nSPS) is 17.7. The van der Waals surface area contributed by atoms with Crippen molar-refractivity contribution in [2.75, 3.05) is 18.1 Å². The molecule has 2 aromatic heterocycles. The topological polar surface area (TPSA) is 129 Å². The number of esters is 1. The number of hydrogen-bond acceptors (Lipinski definition) is 7. The zero-order valence-electron chi connectivity index (χ0n) is 16.9. The summed E-state index contributed by atoms with van der Waals surface area (Å²) >= 11 is 6.33. The van der Waals surface area contributed by atoms with E-state index in [-0.39, 0.29) is 28.4 Å². The van der Waals surface area contributed by atoms with Gasteiger partial charge >= 0.3 is 5.97 Å². The molecule has 2 aromatic rings. The summed E-state index contributed by atoms with van der Waals surface area (Å²) in [6.07, 6.45) is 4.55. The third-order valence-electron chi connectivity index (χ3n) is 4.79. The van der Waals surface area contributed by atoms with E-state index >= 15 is 0 Å². The molecule has 10 nitrogen and oxygen atoms in total. The van der Waals surface area contributed by atoms with Gasteiger partial charge in [-0.05, 0) is 31.6 Å². The number of amides is 2. The molecular formula is C19H21ClN4O6S. The first-order chi connectivity index (χ1) is 14.6. The third kappa shape index (κ3) is 5.42. The molecule has 12 heteroatoms. The summed E-state index contributed by atoms with van der Waals surface area (Å²) in [7, 11) is -1.45. The Hall–Kier alpha value is -2.92. The van der Waals surface area contributed by atoms with Gasteiger partial charge in [-0.1, -0.05) is 11.6 Å². The van der Waals surface area contributed by atoms with Crippen molar-refractivity contribution in [3.05, 3.63) is 46.5 Å². The van der Waals surface area contributed by atoms with E-state index in [4.69, 9.17) is 16.3 Å². The second-order valence-corrected chi connectivity index (χ2v) is 9.70. The van der Waals surface area contributed by atoms with E-state index in [1.807, 2.05) is 0 Å². The van der Waals surface area contributed by atoms with Crippen LogP contribution in [0.2, 0.25) is 5.15 Å². The molecule has 1 saturated heterocycles. The van der Waals surface area contributed by atoms with Crippen LogP contribution < -0.4 is 5.32 Å². The van der Waals surface area contributed by atoms with Crippen LogP contribution in [0.4, 0.5) is 0 Å². The lowest BCUT2D eigenvalue weighted by Crippen LogP contribution is -2.34. The molecule has 0 aromatic carbocycles. The fourth-order valence-electron chi connectivity index (χ4n) is 3.19. The number of halogens is 1. The van der Waals surface area contributed by atoms with Gasteiger partial charge in [0.1, 0.15) is 10.8 Å². The van der Waals surface area contributed by atoms with Crippen LogP contribution >= 0.6 is 11.6 Å². The van der Waals surface area contributed by atoms with Crippen LogP contribution in [-0.2, 0) is 31.2 Å². The van der Waals surface area contributed by atoms with Crippen molar-refractivity contribution in [2.45, 2.75) is 19.4 Å². The lowest BCUT2D eigenvalue weighted by atomic mass is 10.2. The number of aromatic nitrogens is 3. The molecule has 166 valence electrons. The maximum absolute atomic E-state index is 12.0. The van der Waals surface area contributed by atoms with Crippen LogP contribution in [0.3, 0.4) is 0 Å². The van der Waals surface area contributed by atoms with Crippen LogP contribution in [0.5, 0.6) is 0 Å². The molecule has 2 amide bonds. The first-order valence-corrected chi connectivity index (χ1v) is 11.5. The highest BCUT2D eigenvalue weighted by atomic mass is 35.5. The molecule has 0 spiro atoms. The zero-order chi connectivity index (χ0) is 22.8. The van der Waals surface area contributed by atoms with Gasteiger partial charge in [-0.15, -0.1) is 0 Å². The minimum atomic E-state index is -3.11. The van der Waals surface area contributed by atoms with E-state index < -0.39 is 34.2 Å². The first-order valence-electron chi connectivity index (χ1n) is 9.33. The lowest BCUT2D eigenvalue weighted by molar-refractivity contribution is -0.143. The van der Waals surface area contributed by atoms with E-state index in [1.165, 1.54) is 10.8 Å². The number of hydrogen-bond donors (Lipinski definition) is 1. The second-order valence-electron chi connectivity index (χ2n) is 7.11. The zero-order valence-corrected chi connectivity index (χ0v) is 18.4. The highest BCUT2D eigenvalue weighted by Crippen LogP contribution is 2.30. The van der Waals surface area contributed by atoms with E-state index in [1.54, 1.807) is 36.9 Å². The Bertz CT molecular complexity index is 1160. The van der Waals surface area contributed by atoms with Crippen LogP contribution in [0, 0.1) is 6.92 Å². The summed E-state index contributed by atoms with van der Waals surface area (Å²) in [4.78, 5) is 35.7. The highest BCUT2D eigenvalue weighted by molar-refractivity contribution is 7.91. The standard InChI is InChI=1S/C19H21ClN4O6S/c1-12-14(18(20)24(22-12)13-7-9-31(28,29)11-13)5-6-17(26)30-10-16(25)21-19(27)15-4-3-8-23(15)2/h3-6,8,13H,7,9-11H2,1-2H3,(H,21,25,27)/b6-5+/t13-/m0/s1. The molecule has 0 aliphatic carbocycles. The molecule has 1 aliphatic heterocycles. The average molecular weight is 469 g/mol. The summed E-state index contributed by atoms with van der Waals surface area (Å²) in [5.74, 6) is -2.13. The van der Waals surface area contributed by atoms with Gasteiger partial charge in [-0.25, -0.2) is 17.9 Å². The molecule has 0 radical (unpaired) electrons. The molecule has 31 heavy (non-hydrogen) atoms. The fraction of sp³-hybridized carbons (Fsp3) is 0.368. The van der Waals surface area contributed by atoms with Gasteiger partial charge in [-0.2, -0.15) is 5.10 Å². The Morgan fingerprint density at radius 2 is 2.13 bits per heavy atom. The lowest BCUT2D eigenvalue weighted by Gasteiger charge is -2.09. The number of carbonyl (C=O) groups is 3. The first kappa shape index (κ1) is 22.8. The van der Waals surface area contributed by atoms with Gasteiger partial charge in [-0.3, -0.25) is 14.9 Å². The predicted octanol–water partition coefficient (Wildman–Crippen LogP) is 1.06. The van der Waals surface area contributed by atoms with Gasteiger partial charge in [0.15, 0.2) is 16.4 Å². The van der Waals surface area contributed by atoms with Crippen LogP contribution in [0.15, 0.2) is 24.4 Å². The number of sulfone groups is 1. The van der Waals surface area contributed by atoms with Crippen molar-refractivity contribution in [2.24, 2.45) is 7.05 Å².